The van der Waals surface area contributed by atoms with E-state index in [1.807, 2.05) is 0 Å². The van der Waals surface area contributed by atoms with E-state index in [1.54, 1.807) is 29.1 Å². The molecule has 1 atom stereocenters. The summed E-state index contributed by atoms with van der Waals surface area (Å²) in [5.41, 5.74) is 0.900. The first-order valence-corrected chi connectivity index (χ1v) is 10.1. The zero-order chi connectivity index (χ0) is 17.3. The van der Waals surface area contributed by atoms with E-state index in [-0.39, 0.29) is 35.8 Å². The first kappa shape index (κ1) is 17.2. The number of carbonyl (C=O) groups is 2. The van der Waals surface area contributed by atoms with Crippen LogP contribution in [0.1, 0.15) is 40.1 Å². The lowest BCUT2D eigenvalue weighted by Crippen LogP contribution is -2.36. The van der Waals surface area contributed by atoms with Gasteiger partial charge in [0.15, 0.2) is 15.6 Å². The van der Waals surface area contributed by atoms with Gasteiger partial charge < -0.3 is 9.88 Å². The molecule has 0 bridgehead atoms. The Morgan fingerprint density at radius 1 is 1.33 bits per heavy atom. The number of sulfone groups is 1. The maximum atomic E-state index is 12.4. The molecular weight excluding hydrogens is 330 g/mol. The number of H-pyrrole nitrogens is 1. The van der Waals surface area contributed by atoms with Gasteiger partial charge in [0, 0.05) is 30.9 Å². The lowest BCUT2D eigenvalue weighted by Gasteiger charge is -2.21. The molecule has 24 heavy (non-hydrogen) atoms. The minimum absolute atomic E-state index is 0.0678. The van der Waals surface area contributed by atoms with Gasteiger partial charge in [0.1, 0.15) is 5.69 Å². The van der Waals surface area contributed by atoms with Crippen LogP contribution >= 0.6 is 0 Å². The molecule has 0 radical (unpaired) electrons. The number of likely N-dealkylation sites (tertiary alicyclic amines) is 1. The summed E-state index contributed by atoms with van der Waals surface area (Å²) in [4.78, 5) is 31.2. The third-order valence-corrected chi connectivity index (χ3v) is 6.60. The molecule has 1 amide bonds. The van der Waals surface area contributed by atoms with Gasteiger partial charge in [-0.2, -0.15) is 0 Å². The van der Waals surface area contributed by atoms with Crippen molar-refractivity contribution in [3.8, 4) is 0 Å². The largest absolute Gasteiger partial charge is 0.356 e. The minimum atomic E-state index is -2.97. The Kier molecular flexibility index (Phi) is 4.78. The summed E-state index contributed by atoms with van der Waals surface area (Å²) >= 11 is 0. The molecule has 3 heterocycles. The van der Waals surface area contributed by atoms with Crippen LogP contribution in [-0.2, 0) is 9.84 Å². The van der Waals surface area contributed by atoms with E-state index in [9.17, 15) is 18.0 Å². The van der Waals surface area contributed by atoms with Crippen molar-refractivity contribution in [2.24, 2.45) is 0 Å². The average Bonchev–Trinajstić information content (AvgIpc) is 3.26. The Morgan fingerprint density at radius 3 is 2.67 bits per heavy atom. The van der Waals surface area contributed by atoms with Crippen molar-refractivity contribution in [2.45, 2.75) is 25.3 Å². The number of likely N-dealkylation sites (N-methyl/N-ethyl adjacent to an activating group) is 1. The number of aromatic nitrogens is 1. The maximum absolute atomic E-state index is 12.4. The number of nitrogens with one attached hydrogen (secondary N) is 1. The predicted molar refractivity (Wildman–Crippen MR) is 89.9 cm³/mol. The number of hydrogen-bond donors (Lipinski definition) is 1. The van der Waals surface area contributed by atoms with Gasteiger partial charge in [-0.25, -0.2) is 8.42 Å². The molecule has 132 valence electrons. The number of ketones is 1. The number of hydrogen-bond acceptors (Lipinski definition) is 5. The smallest absolute Gasteiger partial charge is 0.270 e. The number of Topliss-reactive ketones (excluding diaryl/α,β-unsaturated/α-hetero) is 1. The Bertz CT molecular complexity index is 734. The van der Waals surface area contributed by atoms with Gasteiger partial charge in [-0.1, -0.05) is 0 Å². The summed E-state index contributed by atoms with van der Waals surface area (Å²) in [6.45, 7) is 1.68. The number of amides is 1. The van der Waals surface area contributed by atoms with Crippen molar-refractivity contribution in [1.82, 2.24) is 14.8 Å². The normalized spacial score (nSPS) is 23.1. The van der Waals surface area contributed by atoms with Crippen molar-refractivity contribution < 1.29 is 18.0 Å². The van der Waals surface area contributed by atoms with Gasteiger partial charge >= 0.3 is 0 Å². The molecule has 8 heteroatoms. The van der Waals surface area contributed by atoms with Crippen molar-refractivity contribution in [3.05, 3.63) is 23.5 Å². The summed E-state index contributed by atoms with van der Waals surface area (Å²) in [5, 5.41) is 0. The molecule has 7 nitrogen and oxygen atoms in total. The quantitative estimate of drug-likeness (QED) is 0.781. The highest BCUT2D eigenvalue weighted by atomic mass is 32.2. The molecule has 0 unspecified atom stereocenters. The van der Waals surface area contributed by atoms with Crippen LogP contribution in [-0.4, -0.2) is 79.1 Å². The summed E-state index contributed by atoms with van der Waals surface area (Å²) in [5.74, 6) is 0.123. The zero-order valence-corrected chi connectivity index (χ0v) is 14.6. The monoisotopic (exact) mass is 353 g/mol. The summed E-state index contributed by atoms with van der Waals surface area (Å²) in [7, 11) is -1.20. The fourth-order valence-corrected chi connectivity index (χ4v) is 5.14. The molecule has 0 aliphatic carbocycles. The number of nitrogens with zero attached hydrogens (tertiary/aromatic N) is 2. The van der Waals surface area contributed by atoms with E-state index in [1.165, 1.54) is 0 Å². The van der Waals surface area contributed by atoms with Crippen LogP contribution in [0.5, 0.6) is 0 Å². The Balaban J connectivity index is 1.60. The van der Waals surface area contributed by atoms with E-state index in [0.29, 0.717) is 17.7 Å². The molecule has 1 aromatic heterocycles. The fourth-order valence-electron chi connectivity index (χ4n) is 3.34. The highest BCUT2D eigenvalue weighted by Gasteiger charge is 2.31. The fraction of sp³-hybridized carbons (Fsp3) is 0.625. The van der Waals surface area contributed by atoms with Gasteiger partial charge in [-0.3, -0.25) is 14.5 Å². The summed E-state index contributed by atoms with van der Waals surface area (Å²) < 4.78 is 23.1. The zero-order valence-electron chi connectivity index (χ0n) is 13.8. The second kappa shape index (κ2) is 6.68. The molecule has 2 aliphatic rings. The lowest BCUT2D eigenvalue weighted by molar-refractivity contribution is 0.0787. The Hall–Kier alpha value is -1.67. The van der Waals surface area contributed by atoms with Crippen molar-refractivity contribution in [2.75, 3.05) is 38.2 Å². The summed E-state index contributed by atoms with van der Waals surface area (Å²) in [6.07, 6.45) is 4.17. The summed E-state index contributed by atoms with van der Waals surface area (Å²) in [6, 6.07) is 1.49. The van der Waals surface area contributed by atoms with Crippen LogP contribution in [0.4, 0.5) is 0 Å². The molecule has 1 aromatic rings. The van der Waals surface area contributed by atoms with Crippen LogP contribution in [0.25, 0.3) is 0 Å². The van der Waals surface area contributed by atoms with Gasteiger partial charge in [-0.05, 0) is 32.4 Å². The molecular formula is C16H23N3O4S. The van der Waals surface area contributed by atoms with Crippen LogP contribution in [0.15, 0.2) is 12.3 Å². The molecule has 2 fully saturated rings. The van der Waals surface area contributed by atoms with Gasteiger partial charge in [0.25, 0.3) is 5.91 Å². The van der Waals surface area contributed by atoms with Crippen LogP contribution in [0.3, 0.4) is 0 Å². The maximum Gasteiger partial charge on any atom is 0.270 e. The van der Waals surface area contributed by atoms with Gasteiger partial charge in [0.2, 0.25) is 0 Å². The highest BCUT2D eigenvalue weighted by Crippen LogP contribution is 2.18. The number of carbonyl (C=O) groups excluding carboxylic acids is 2. The first-order valence-electron chi connectivity index (χ1n) is 8.27. The number of aromatic amines is 1. The highest BCUT2D eigenvalue weighted by molar-refractivity contribution is 7.91. The van der Waals surface area contributed by atoms with E-state index in [2.05, 4.69) is 4.98 Å². The van der Waals surface area contributed by atoms with Crippen molar-refractivity contribution in [1.29, 1.82) is 0 Å². The molecule has 2 aliphatic heterocycles. The van der Waals surface area contributed by atoms with Crippen molar-refractivity contribution in [3.63, 3.8) is 0 Å². The van der Waals surface area contributed by atoms with Crippen LogP contribution in [0.2, 0.25) is 0 Å². The SMILES string of the molecule is CN(CC(=O)c1c[nH]c(C(=O)N2CCCC2)c1)[C@@H]1CCS(=O)(=O)C1. The standard InChI is InChI=1S/C16H23N3O4S/c1-18(13-4-7-24(22,23)11-13)10-15(20)12-8-14(17-9-12)16(21)19-5-2-3-6-19/h8-9,13,17H,2-7,10-11H2,1H3/t13-/m1/s1. The molecule has 0 spiro atoms. The third kappa shape index (κ3) is 3.70. The van der Waals surface area contributed by atoms with Crippen molar-refractivity contribution >= 4 is 21.5 Å². The van der Waals surface area contributed by atoms with Gasteiger partial charge in [-0.15, -0.1) is 0 Å². The Labute approximate surface area is 141 Å². The second-order valence-electron chi connectivity index (χ2n) is 6.70. The third-order valence-electron chi connectivity index (χ3n) is 4.85. The van der Waals surface area contributed by atoms with E-state index < -0.39 is 9.84 Å². The van der Waals surface area contributed by atoms with E-state index in [0.717, 1.165) is 25.9 Å². The topological polar surface area (TPSA) is 90.6 Å². The molecule has 2 saturated heterocycles. The van der Waals surface area contributed by atoms with Crippen LogP contribution < -0.4 is 0 Å². The van der Waals surface area contributed by atoms with Gasteiger partial charge in [0.05, 0.1) is 18.1 Å². The molecule has 0 saturated carbocycles. The van der Waals surface area contributed by atoms with E-state index in [4.69, 9.17) is 0 Å². The van der Waals surface area contributed by atoms with E-state index >= 15 is 0 Å². The average molecular weight is 353 g/mol. The Morgan fingerprint density at radius 2 is 2.04 bits per heavy atom. The van der Waals surface area contributed by atoms with Crippen LogP contribution in [0, 0.1) is 0 Å². The lowest BCUT2D eigenvalue weighted by atomic mass is 10.1. The predicted octanol–water partition coefficient (Wildman–Crippen LogP) is 0.552. The molecule has 0 aromatic carbocycles. The molecule has 1 N–H and O–H groups in total. The second-order valence-corrected chi connectivity index (χ2v) is 8.93. The number of rotatable bonds is 5. The first-order chi connectivity index (χ1) is 11.4. The molecule has 3 rings (SSSR count). The minimum Gasteiger partial charge on any atom is -0.356 e.